The fraction of sp³-hybridized carbons (Fsp3) is 0.755. The minimum absolute atomic E-state index is 0.0000950. The van der Waals surface area contributed by atoms with Crippen LogP contribution in [0.25, 0.3) is 0 Å². The van der Waals surface area contributed by atoms with Gasteiger partial charge in [0, 0.05) is 64.4 Å². The summed E-state index contributed by atoms with van der Waals surface area (Å²) in [7, 11) is 6.82. The largest absolute Gasteiger partial charge is 0.480 e. The molecule has 1 fully saturated rings. The SMILES string of the molecule is CCCC(NC(=O)[C@@H](CC(=O)[C@H](C)[C@@H](OC)[C@@H]1CCCN1C(=O)C[C@@H](OC)[C@H]([C@@H](C)CC)N(C)C(=O)[C@@H](CC(=O)[C@H](C(C)C)N(C)C(C)C)C(C)C)Cc1ccccc1)C(=O)O. The number of amides is 3. The molecule has 1 aromatic carbocycles. The zero-order valence-electron chi connectivity index (χ0n) is 40.5. The molecule has 62 heavy (non-hydrogen) atoms. The summed E-state index contributed by atoms with van der Waals surface area (Å²) in [4.78, 5) is 88.1. The van der Waals surface area contributed by atoms with E-state index in [2.05, 4.69) is 31.0 Å². The number of hydrogen-bond donors (Lipinski definition) is 2. The third-order valence-corrected chi connectivity index (χ3v) is 13.4. The predicted molar refractivity (Wildman–Crippen MR) is 243 cm³/mol. The molecule has 13 heteroatoms. The smallest absolute Gasteiger partial charge is 0.326 e. The van der Waals surface area contributed by atoms with Gasteiger partial charge in [-0.05, 0) is 69.9 Å². The van der Waals surface area contributed by atoms with Crippen molar-refractivity contribution in [2.24, 2.45) is 35.5 Å². The number of aliphatic carboxylic acids is 1. The van der Waals surface area contributed by atoms with Crippen LogP contribution < -0.4 is 5.32 Å². The molecule has 352 valence electrons. The van der Waals surface area contributed by atoms with Gasteiger partial charge < -0.3 is 29.7 Å². The number of carbonyl (C=O) groups excluding carboxylic acids is 5. The van der Waals surface area contributed by atoms with Gasteiger partial charge in [-0.1, -0.05) is 98.6 Å². The lowest BCUT2D eigenvalue weighted by molar-refractivity contribution is -0.149. The number of Topliss-reactive ketones (excluding diaryl/α,β-unsaturated/α-hetero) is 2. The molecule has 1 aromatic rings. The second-order valence-corrected chi connectivity index (χ2v) is 18.8. The number of ketones is 2. The Morgan fingerprint density at radius 1 is 0.855 bits per heavy atom. The van der Waals surface area contributed by atoms with E-state index in [1.165, 1.54) is 7.11 Å². The van der Waals surface area contributed by atoms with Crippen molar-refractivity contribution >= 4 is 35.3 Å². The summed E-state index contributed by atoms with van der Waals surface area (Å²) in [6.45, 7) is 20.3. The number of methoxy groups -OCH3 is 2. The first-order chi connectivity index (χ1) is 29.2. The Kier molecular flexibility index (Phi) is 23.0. The molecule has 1 aliphatic heterocycles. The summed E-state index contributed by atoms with van der Waals surface area (Å²) in [5.74, 6) is -4.18. The maximum absolute atomic E-state index is 14.5. The molecule has 13 nitrogen and oxygen atoms in total. The van der Waals surface area contributed by atoms with Crippen molar-refractivity contribution in [1.29, 1.82) is 0 Å². The molecule has 0 saturated carbocycles. The monoisotopic (exact) mass is 871 g/mol. The Morgan fingerprint density at radius 3 is 1.98 bits per heavy atom. The second kappa shape index (κ2) is 26.2. The molecule has 0 aromatic heterocycles. The quantitative estimate of drug-likeness (QED) is 0.0928. The maximum atomic E-state index is 14.5. The Morgan fingerprint density at radius 2 is 1.48 bits per heavy atom. The van der Waals surface area contributed by atoms with Crippen LogP contribution in [0.1, 0.15) is 126 Å². The Bertz CT molecular complexity index is 1590. The van der Waals surface area contributed by atoms with Gasteiger partial charge >= 0.3 is 5.97 Å². The van der Waals surface area contributed by atoms with Gasteiger partial charge in [0.25, 0.3) is 0 Å². The average molecular weight is 871 g/mol. The normalized spacial score (nSPS) is 18.8. The van der Waals surface area contributed by atoms with Crippen molar-refractivity contribution in [2.45, 2.75) is 169 Å². The number of likely N-dealkylation sites (N-methyl/N-ethyl adjacent to an activating group) is 2. The van der Waals surface area contributed by atoms with Crippen LogP contribution in [0.5, 0.6) is 0 Å². The zero-order chi connectivity index (χ0) is 47.0. The lowest BCUT2D eigenvalue weighted by Crippen LogP contribution is -2.54. The Labute approximate surface area is 373 Å². The first-order valence-electron chi connectivity index (χ1n) is 23.1. The highest BCUT2D eigenvalue weighted by molar-refractivity contribution is 5.91. The van der Waals surface area contributed by atoms with Gasteiger partial charge in [-0.25, -0.2) is 4.79 Å². The van der Waals surface area contributed by atoms with Gasteiger partial charge in [-0.15, -0.1) is 0 Å². The number of ether oxygens (including phenoxy) is 2. The summed E-state index contributed by atoms with van der Waals surface area (Å²) in [6, 6.07) is 7.25. The molecular formula is C49H82N4O9. The number of likely N-dealkylation sites (tertiary alicyclic amines) is 1. The van der Waals surface area contributed by atoms with Crippen molar-refractivity contribution < 1.29 is 43.3 Å². The number of rotatable bonds is 28. The molecule has 10 atom stereocenters. The first kappa shape index (κ1) is 54.5. The molecule has 1 unspecified atom stereocenters. The van der Waals surface area contributed by atoms with Crippen molar-refractivity contribution in [3.63, 3.8) is 0 Å². The fourth-order valence-corrected chi connectivity index (χ4v) is 9.36. The van der Waals surface area contributed by atoms with Crippen molar-refractivity contribution in [2.75, 3.05) is 34.9 Å². The molecule has 0 aliphatic carbocycles. The van der Waals surface area contributed by atoms with E-state index in [1.807, 2.05) is 78.9 Å². The van der Waals surface area contributed by atoms with Crippen molar-refractivity contribution in [3.05, 3.63) is 35.9 Å². The number of nitrogens with one attached hydrogen (secondary N) is 1. The number of carboxylic acids is 1. The van der Waals surface area contributed by atoms with Crippen LogP contribution in [0.2, 0.25) is 0 Å². The van der Waals surface area contributed by atoms with E-state index >= 15 is 0 Å². The average Bonchev–Trinajstić information content (AvgIpc) is 3.71. The van der Waals surface area contributed by atoms with Gasteiger partial charge in [0.2, 0.25) is 17.7 Å². The molecule has 2 rings (SSSR count). The van der Waals surface area contributed by atoms with Crippen LogP contribution in [0.3, 0.4) is 0 Å². The molecule has 1 heterocycles. The maximum Gasteiger partial charge on any atom is 0.326 e. The van der Waals surface area contributed by atoms with E-state index in [-0.39, 0.29) is 85.3 Å². The van der Waals surface area contributed by atoms with Gasteiger partial charge in [-0.3, -0.25) is 28.9 Å². The van der Waals surface area contributed by atoms with E-state index in [4.69, 9.17) is 9.47 Å². The van der Waals surface area contributed by atoms with Crippen LogP contribution in [0.4, 0.5) is 0 Å². The van der Waals surface area contributed by atoms with E-state index in [0.29, 0.717) is 25.8 Å². The molecule has 1 saturated heterocycles. The molecule has 0 spiro atoms. The number of carboxylic acid groups (broad SMARTS) is 1. The molecule has 3 amide bonds. The van der Waals surface area contributed by atoms with Crippen molar-refractivity contribution in [1.82, 2.24) is 20.0 Å². The van der Waals surface area contributed by atoms with Gasteiger partial charge in [-0.2, -0.15) is 0 Å². The second-order valence-electron chi connectivity index (χ2n) is 18.8. The highest BCUT2D eigenvalue weighted by atomic mass is 16.5. The summed E-state index contributed by atoms with van der Waals surface area (Å²) >= 11 is 0. The Balaban J connectivity index is 2.35. The van der Waals surface area contributed by atoms with Crippen LogP contribution in [-0.4, -0.2) is 132 Å². The van der Waals surface area contributed by atoms with Crippen molar-refractivity contribution in [3.8, 4) is 0 Å². The van der Waals surface area contributed by atoms with Crippen LogP contribution in [0.15, 0.2) is 30.3 Å². The van der Waals surface area contributed by atoms with E-state index in [9.17, 15) is 33.9 Å². The van der Waals surface area contributed by atoms with E-state index in [1.54, 1.807) is 30.9 Å². The zero-order valence-corrected chi connectivity index (χ0v) is 40.5. The standard InChI is InChI=1S/C49H82N4O9/c1-15-21-38(49(59)60)50-47(57)36(26-35-22-18-17-19-23-35)27-40(54)34(10)46(62-14)39-24-20-25-53(39)43(56)29-42(61-13)45(33(9)16-2)52(12)48(58)37(30(3)4)28-41(55)44(31(5)6)51(11)32(7)8/h17-19,22-23,30-34,36-39,42,44-46H,15-16,20-21,24-29H2,1-14H3,(H,50,57)(H,59,60)/t33-,34-,36+,37-,38?,39-,42+,44-,45-,46+/m0/s1. The summed E-state index contributed by atoms with van der Waals surface area (Å²) < 4.78 is 12.1. The minimum atomic E-state index is -1.12. The predicted octanol–water partition coefficient (Wildman–Crippen LogP) is 6.69. The van der Waals surface area contributed by atoms with Gasteiger partial charge in [0.05, 0.1) is 36.8 Å². The van der Waals surface area contributed by atoms with E-state index < -0.39 is 60.0 Å². The highest BCUT2D eigenvalue weighted by Gasteiger charge is 2.44. The molecule has 2 N–H and O–H groups in total. The number of benzene rings is 1. The molecule has 0 radical (unpaired) electrons. The third kappa shape index (κ3) is 15.0. The summed E-state index contributed by atoms with van der Waals surface area (Å²) in [5.41, 5.74) is 0.851. The lowest BCUT2D eigenvalue weighted by atomic mass is 9.83. The number of nitrogens with zero attached hydrogens (tertiary/aromatic N) is 3. The van der Waals surface area contributed by atoms with Crippen LogP contribution in [-0.2, 0) is 44.7 Å². The molecule has 0 bridgehead atoms. The number of carbonyl (C=O) groups is 6. The number of hydrogen-bond acceptors (Lipinski definition) is 9. The van der Waals surface area contributed by atoms with Gasteiger partial charge in [0.15, 0.2) is 5.78 Å². The molecule has 1 aliphatic rings. The minimum Gasteiger partial charge on any atom is -0.480 e. The summed E-state index contributed by atoms with van der Waals surface area (Å²) in [6.07, 6.45) is 1.83. The highest BCUT2D eigenvalue weighted by Crippen LogP contribution is 2.32. The summed E-state index contributed by atoms with van der Waals surface area (Å²) in [5, 5.41) is 12.4. The fourth-order valence-electron chi connectivity index (χ4n) is 9.36. The lowest BCUT2D eigenvalue weighted by Gasteiger charge is -2.41. The molecular weight excluding hydrogens is 789 g/mol. The van der Waals surface area contributed by atoms with Crippen LogP contribution >= 0.6 is 0 Å². The van der Waals surface area contributed by atoms with Gasteiger partial charge in [0.1, 0.15) is 11.8 Å². The topological polar surface area (TPSA) is 163 Å². The Hall–Kier alpha value is -3.68. The van der Waals surface area contributed by atoms with Crippen LogP contribution in [0, 0.1) is 35.5 Å². The first-order valence-corrected chi connectivity index (χ1v) is 23.1. The third-order valence-electron chi connectivity index (χ3n) is 13.4. The van der Waals surface area contributed by atoms with E-state index in [0.717, 1.165) is 12.0 Å².